The van der Waals surface area contributed by atoms with Crippen LogP contribution in [0.15, 0.2) is 77.4 Å². The minimum absolute atomic E-state index is 0.0962. The molecule has 22 heavy (non-hydrogen) atoms. The van der Waals surface area contributed by atoms with Crippen molar-refractivity contribution in [2.24, 2.45) is 0 Å². The Labute approximate surface area is 130 Å². The summed E-state index contributed by atoms with van der Waals surface area (Å²) < 4.78 is 10.8. The summed E-state index contributed by atoms with van der Waals surface area (Å²) in [6, 6.07) is 21.7. The molecular weight excluding hydrogens is 272 g/mol. The topological polar surface area (TPSA) is 22.4 Å². The van der Waals surface area contributed by atoms with E-state index in [-0.39, 0.29) is 5.92 Å². The predicted molar refractivity (Wildman–Crippen MR) is 86.9 cm³/mol. The highest BCUT2D eigenvalue weighted by atomic mass is 16.5. The number of ether oxygens (including phenoxy) is 1. The number of rotatable bonds is 3. The van der Waals surface area contributed by atoms with Crippen molar-refractivity contribution in [3.8, 4) is 17.6 Å². The highest BCUT2D eigenvalue weighted by Gasteiger charge is 2.14. The van der Waals surface area contributed by atoms with Crippen molar-refractivity contribution in [3.05, 3.63) is 89.9 Å². The summed E-state index contributed by atoms with van der Waals surface area (Å²) in [5, 5.41) is 0. The van der Waals surface area contributed by atoms with Crippen LogP contribution in [-0.2, 0) is 0 Å². The van der Waals surface area contributed by atoms with E-state index in [1.165, 1.54) is 0 Å². The first-order valence-electron chi connectivity index (χ1n) is 7.11. The van der Waals surface area contributed by atoms with E-state index in [1.54, 1.807) is 13.4 Å². The Bertz CT molecular complexity index is 760. The molecule has 1 heterocycles. The van der Waals surface area contributed by atoms with Gasteiger partial charge >= 0.3 is 0 Å². The van der Waals surface area contributed by atoms with Gasteiger partial charge in [-0.1, -0.05) is 42.2 Å². The summed E-state index contributed by atoms with van der Waals surface area (Å²) in [6.07, 6.45) is 1.68. The average Bonchev–Trinajstić information content (AvgIpc) is 3.11. The molecule has 0 amide bonds. The Balaban J connectivity index is 1.96. The lowest BCUT2D eigenvalue weighted by molar-refractivity contribution is 0.414. The zero-order chi connectivity index (χ0) is 15.2. The second-order valence-corrected chi connectivity index (χ2v) is 4.86. The zero-order valence-corrected chi connectivity index (χ0v) is 12.3. The molecule has 1 unspecified atom stereocenters. The third-order valence-electron chi connectivity index (χ3n) is 3.41. The van der Waals surface area contributed by atoms with Crippen molar-refractivity contribution in [1.82, 2.24) is 0 Å². The molecule has 0 radical (unpaired) electrons. The normalized spacial score (nSPS) is 11.3. The van der Waals surface area contributed by atoms with Crippen LogP contribution in [0.4, 0.5) is 0 Å². The lowest BCUT2D eigenvalue weighted by atomic mass is 9.96. The summed E-state index contributed by atoms with van der Waals surface area (Å²) in [4.78, 5) is 0. The predicted octanol–water partition coefficient (Wildman–Crippen LogP) is 4.47. The number of benzene rings is 2. The molecule has 0 fully saturated rings. The molecular formula is C20H16O2. The second kappa shape index (κ2) is 6.69. The van der Waals surface area contributed by atoms with Crippen molar-refractivity contribution >= 4 is 0 Å². The van der Waals surface area contributed by atoms with Gasteiger partial charge in [0.25, 0.3) is 0 Å². The summed E-state index contributed by atoms with van der Waals surface area (Å²) >= 11 is 0. The molecule has 108 valence electrons. The van der Waals surface area contributed by atoms with Crippen molar-refractivity contribution in [1.29, 1.82) is 0 Å². The van der Waals surface area contributed by atoms with E-state index in [9.17, 15) is 0 Å². The number of furan rings is 1. The molecule has 0 bridgehead atoms. The van der Waals surface area contributed by atoms with E-state index in [2.05, 4.69) is 11.8 Å². The van der Waals surface area contributed by atoms with Gasteiger partial charge < -0.3 is 9.15 Å². The Morgan fingerprint density at radius 1 is 0.909 bits per heavy atom. The van der Waals surface area contributed by atoms with Gasteiger partial charge in [-0.2, -0.15) is 0 Å². The molecule has 2 nitrogen and oxygen atoms in total. The molecule has 1 atom stereocenters. The van der Waals surface area contributed by atoms with Gasteiger partial charge in [0.05, 0.1) is 13.4 Å². The molecule has 0 saturated heterocycles. The molecule has 0 saturated carbocycles. The summed E-state index contributed by atoms with van der Waals surface area (Å²) in [6.45, 7) is 0. The van der Waals surface area contributed by atoms with Crippen LogP contribution in [0.3, 0.4) is 0 Å². The standard InChI is InChI=1S/C20H16O2/c1-21-18-12-10-17(11-13-18)19(20-8-5-15-22-20)14-9-16-6-3-2-4-7-16/h2-8,10-13,15,19H,1H3. The smallest absolute Gasteiger partial charge is 0.123 e. The minimum atomic E-state index is -0.0962. The minimum Gasteiger partial charge on any atom is -0.497 e. The maximum Gasteiger partial charge on any atom is 0.123 e. The Kier molecular flexibility index (Phi) is 4.27. The summed E-state index contributed by atoms with van der Waals surface area (Å²) in [5.41, 5.74) is 2.08. The van der Waals surface area contributed by atoms with Crippen molar-refractivity contribution in [3.63, 3.8) is 0 Å². The van der Waals surface area contributed by atoms with Crippen LogP contribution in [0.1, 0.15) is 22.8 Å². The van der Waals surface area contributed by atoms with Gasteiger partial charge in [-0.15, -0.1) is 0 Å². The number of methoxy groups -OCH3 is 1. The number of hydrogen-bond acceptors (Lipinski definition) is 2. The van der Waals surface area contributed by atoms with Crippen LogP contribution in [0.2, 0.25) is 0 Å². The Morgan fingerprint density at radius 2 is 1.68 bits per heavy atom. The first-order chi connectivity index (χ1) is 10.9. The zero-order valence-electron chi connectivity index (χ0n) is 12.3. The van der Waals surface area contributed by atoms with Gasteiger partial charge in [-0.3, -0.25) is 0 Å². The molecule has 1 aromatic heterocycles. The third-order valence-corrected chi connectivity index (χ3v) is 3.41. The van der Waals surface area contributed by atoms with E-state index < -0.39 is 0 Å². The third kappa shape index (κ3) is 3.21. The molecule has 0 N–H and O–H groups in total. The van der Waals surface area contributed by atoms with Crippen molar-refractivity contribution in [2.75, 3.05) is 7.11 Å². The fraction of sp³-hybridized carbons (Fsp3) is 0.100. The Morgan fingerprint density at radius 3 is 2.32 bits per heavy atom. The maximum absolute atomic E-state index is 5.56. The molecule has 2 aromatic carbocycles. The first-order valence-corrected chi connectivity index (χ1v) is 7.11. The number of hydrogen-bond donors (Lipinski definition) is 0. The van der Waals surface area contributed by atoms with Crippen LogP contribution in [0, 0.1) is 11.8 Å². The largest absolute Gasteiger partial charge is 0.497 e. The highest BCUT2D eigenvalue weighted by molar-refractivity contribution is 5.43. The van der Waals surface area contributed by atoms with Crippen LogP contribution >= 0.6 is 0 Å². The van der Waals surface area contributed by atoms with Gasteiger partial charge in [0.1, 0.15) is 17.4 Å². The van der Waals surface area contributed by atoms with Crippen molar-refractivity contribution in [2.45, 2.75) is 5.92 Å². The van der Waals surface area contributed by atoms with E-state index in [0.29, 0.717) is 0 Å². The molecule has 0 aliphatic heterocycles. The summed E-state index contributed by atoms with van der Waals surface area (Å²) in [7, 11) is 1.66. The first kappa shape index (κ1) is 14.0. The van der Waals surface area contributed by atoms with E-state index >= 15 is 0 Å². The molecule has 0 aliphatic rings. The molecule has 2 heteroatoms. The van der Waals surface area contributed by atoms with Gasteiger partial charge in [0.15, 0.2) is 0 Å². The van der Waals surface area contributed by atoms with Gasteiger partial charge in [-0.05, 0) is 42.0 Å². The molecule has 3 rings (SSSR count). The quantitative estimate of drug-likeness (QED) is 0.663. The fourth-order valence-electron chi connectivity index (χ4n) is 2.25. The van der Waals surface area contributed by atoms with Crippen LogP contribution in [-0.4, -0.2) is 7.11 Å². The summed E-state index contributed by atoms with van der Waals surface area (Å²) in [5.74, 6) is 8.10. The average molecular weight is 288 g/mol. The van der Waals surface area contributed by atoms with Gasteiger partial charge in [-0.25, -0.2) is 0 Å². The molecule has 3 aromatic rings. The maximum atomic E-state index is 5.56. The van der Waals surface area contributed by atoms with Gasteiger partial charge in [0.2, 0.25) is 0 Å². The lowest BCUT2D eigenvalue weighted by Crippen LogP contribution is -1.97. The van der Waals surface area contributed by atoms with E-state index in [0.717, 1.165) is 22.6 Å². The fourth-order valence-corrected chi connectivity index (χ4v) is 2.25. The molecule has 0 aliphatic carbocycles. The highest BCUT2D eigenvalue weighted by Crippen LogP contribution is 2.26. The molecule has 0 spiro atoms. The van der Waals surface area contributed by atoms with Crippen molar-refractivity contribution < 1.29 is 9.15 Å². The van der Waals surface area contributed by atoms with Crippen LogP contribution in [0.25, 0.3) is 0 Å². The Hall–Kier alpha value is -2.92. The van der Waals surface area contributed by atoms with Crippen LogP contribution in [0.5, 0.6) is 5.75 Å². The van der Waals surface area contributed by atoms with E-state index in [4.69, 9.17) is 9.15 Å². The van der Waals surface area contributed by atoms with E-state index in [1.807, 2.05) is 66.7 Å². The lowest BCUT2D eigenvalue weighted by Gasteiger charge is -2.09. The SMILES string of the molecule is COc1ccc(C(C#Cc2ccccc2)c2ccco2)cc1. The van der Waals surface area contributed by atoms with Crippen LogP contribution < -0.4 is 4.74 Å². The van der Waals surface area contributed by atoms with Gasteiger partial charge in [0, 0.05) is 5.56 Å². The monoisotopic (exact) mass is 288 g/mol. The second-order valence-electron chi connectivity index (χ2n) is 4.86.